The molecule has 1 heterocycles. The summed E-state index contributed by atoms with van der Waals surface area (Å²) in [5, 5.41) is 7.21. The molecule has 0 atom stereocenters. The molecule has 1 aromatic heterocycles. The van der Waals surface area contributed by atoms with Gasteiger partial charge < -0.3 is 10.2 Å². The van der Waals surface area contributed by atoms with Crippen molar-refractivity contribution >= 4 is 31.7 Å². The second kappa shape index (κ2) is 9.13. The van der Waals surface area contributed by atoms with Crippen molar-refractivity contribution in [1.82, 2.24) is 25.0 Å². The zero-order valence-electron chi connectivity index (χ0n) is 15.1. The van der Waals surface area contributed by atoms with Crippen LogP contribution in [-0.4, -0.2) is 59.9 Å². The third-order valence-electron chi connectivity index (χ3n) is 3.67. The molecule has 10 heteroatoms. The number of rotatable bonds is 7. The van der Waals surface area contributed by atoms with Gasteiger partial charge in [0.15, 0.2) is 15.8 Å². The van der Waals surface area contributed by atoms with E-state index >= 15 is 0 Å². The Morgan fingerprint density at radius 2 is 2.04 bits per heavy atom. The van der Waals surface area contributed by atoms with Gasteiger partial charge in [-0.15, -0.1) is 0 Å². The molecule has 0 saturated carbocycles. The zero-order valence-corrected chi connectivity index (χ0v) is 17.5. The minimum absolute atomic E-state index is 0.0542. The summed E-state index contributed by atoms with van der Waals surface area (Å²) in [6.07, 6.45) is 1.50. The summed E-state index contributed by atoms with van der Waals surface area (Å²) in [6, 6.07) is 6.62. The fourth-order valence-electron chi connectivity index (χ4n) is 2.25. The molecule has 1 N–H and O–H groups in total. The molecule has 0 saturated heterocycles. The van der Waals surface area contributed by atoms with Gasteiger partial charge in [0.1, 0.15) is 12.2 Å². The van der Waals surface area contributed by atoms with E-state index in [-0.39, 0.29) is 12.3 Å². The van der Waals surface area contributed by atoms with Crippen LogP contribution in [0.3, 0.4) is 0 Å². The highest BCUT2D eigenvalue weighted by atomic mass is 79.9. The van der Waals surface area contributed by atoms with Crippen LogP contribution >= 0.6 is 15.9 Å². The Labute approximate surface area is 162 Å². The number of aromatic nitrogens is 3. The predicted octanol–water partition coefficient (Wildman–Crippen LogP) is 1.45. The maximum Gasteiger partial charge on any atom is 0.194 e. The van der Waals surface area contributed by atoms with Crippen molar-refractivity contribution in [2.45, 2.75) is 18.4 Å². The van der Waals surface area contributed by atoms with Gasteiger partial charge in [-0.1, -0.05) is 15.9 Å². The lowest BCUT2D eigenvalue weighted by atomic mass is 10.4. The van der Waals surface area contributed by atoms with Crippen LogP contribution in [0.4, 0.5) is 0 Å². The molecule has 0 radical (unpaired) electrons. The topological polar surface area (TPSA) is 92.5 Å². The number of guanidine groups is 1. The Morgan fingerprint density at radius 3 is 2.62 bits per heavy atom. The molecule has 0 aliphatic carbocycles. The van der Waals surface area contributed by atoms with Crippen molar-refractivity contribution in [2.75, 3.05) is 25.9 Å². The zero-order chi connectivity index (χ0) is 19.2. The van der Waals surface area contributed by atoms with Crippen LogP contribution in [0.5, 0.6) is 0 Å². The van der Waals surface area contributed by atoms with E-state index in [9.17, 15) is 8.42 Å². The van der Waals surface area contributed by atoms with E-state index in [1.165, 1.54) is 6.33 Å². The van der Waals surface area contributed by atoms with Crippen molar-refractivity contribution in [1.29, 1.82) is 0 Å². The molecule has 8 nitrogen and oxygen atoms in total. The Morgan fingerprint density at radius 1 is 1.35 bits per heavy atom. The molecule has 26 heavy (non-hydrogen) atoms. The summed E-state index contributed by atoms with van der Waals surface area (Å²) >= 11 is 3.30. The number of aryl methyl sites for hydroxylation is 1. The number of nitrogens with one attached hydrogen (secondary N) is 1. The third kappa shape index (κ3) is 5.53. The first-order valence-corrected chi connectivity index (χ1v) is 10.6. The normalized spacial score (nSPS) is 12.2. The van der Waals surface area contributed by atoms with Gasteiger partial charge in [-0.25, -0.2) is 13.4 Å². The second-order valence-corrected chi connectivity index (χ2v) is 8.69. The SMILES string of the molecule is CCNC(=NCCS(=O)(=O)c1ccc(Br)cc1)N(C)Cc1ncnn1C. The molecular formula is C16H23BrN6O2S. The van der Waals surface area contributed by atoms with Crippen molar-refractivity contribution < 1.29 is 8.42 Å². The number of benzene rings is 1. The second-order valence-electron chi connectivity index (χ2n) is 5.66. The maximum absolute atomic E-state index is 12.4. The number of hydrogen-bond acceptors (Lipinski definition) is 5. The molecular weight excluding hydrogens is 420 g/mol. The fourth-order valence-corrected chi connectivity index (χ4v) is 3.63. The molecule has 1 aromatic carbocycles. The molecule has 0 amide bonds. The largest absolute Gasteiger partial charge is 0.357 e. The van der Waals surface area contributed by atoms with Crippen LogP contribution in [0.15, 0.2) is 45.0 Å². The molecule has 0 fully saturated rings. The standard InChI is InChI=1S/C16H23BrN6O2S/c1-4-18-16(22(2)11-15-20-12-21-23(15)3)19-9-10-26(24,25)14-7-5-13(17)6-8-14/h5-8,12H,4,9-11H2,1-3H3,(H,18,19). The van der Waals surface area contributed by atoms with Crippen LogP contribution in [0, 0.1) is 0 Å². The van der Waals surface area contributed by atoms with Gasteiger partial charge in [0, 0.05) is 25.1 Å². The maximum atomic E-state index is 12.4. The van der Waals surface area contributed by atoms with Crippen LogP contribution < -0.4 is 5.32 Å². The fraction of sp³-hybridized carbons (Fsp3) is 0.438. The first-order chi connectivity index (χ1) is 12.3. The lowest BCUT2D eigenvalue weighted by Gasteiger charge is -2.21. The van der Waals surface area contributed by atoms with E-state index < -0.39 is 9.84 Å². The summed E-state index contributed by atoms with van der Waals surface area (Å²) in [5.74, 6) is 1.36. The monoisotopic (exact) mass is 442 g/mol. The highest BCUT2D eigenvalue weighted by Crippen LogP contribution is 2.15. The molecule has 0 aliphatic rings. The molecule has 0 aliphatic heterocycles. The average Bonchev–Trinajstić information content (AvgIpc) is 2.99. The number of nitrogens with zero attached hydrogens (tertiary/aromatic N) is 5. The van der Waals surface area contributed by atoms with Crippen LogP contribution in [0.2, 0.25) is 0 Å². The molecule has 2 rings (SSSR count). The van der Waals surface area contributed by atoms with Gasteiger partial charge in [0.05, 0.1) is 23.7 Å². The first-order valence-electron chi connectivity index (χ1n) is 8.14. The Bertz CT molecular complexity index is 848. The van der Waals surface area contributed by atoms with Gasteiger partial charge in [-0.3, -0.25) is 9.67 Å². The average molecular weight is 443 g/mol. The van der Waals surface area contributed by atoms with Crippen LogP contribution in [0.1, 0.15) is 12.7 Å². The molecule has 2 aromatic rings. The molecule has 0 bridgehead atoms. The summed E-state index contributed by atoms with van der Waals surface area (Å²) in [5.41, 5.74) is 0. The number of sulfone groups is 1. The van der Waals surface area contributed by atoms with E-state index in [2.05, 4.69) is 36.3 Å². The minimum Gasteiger partial charge on any atom is -0.357 e. The lowest BCUT2D eigenvalue weighted by molar-refractivity contribution is 0.449. The van der Waals surface area contributed by atoms with Gasteiger partial charge >= 0.3 is 0 Å². The highest BCUT2D eigenvalue weighted by Gasteiger charge is 2.15. The van der Waals surface area contributed by atoms with Crippen molar-refractivity contribution in [3.05, 3.63) is 40.9 Å². The van der Waals surface area contributed by atoms with Gasteiger partial charge in [0.25, 0.3) is 0 Å². The number of halogens is 1. The van der Waals surface area contributed by atoms with E-state index in [4.69, 9.17) is 0 Å². The highest BCUT2D eigenvalue weighted by molar-refractivity contribution is 9.10. The van der Waals surface area contributed by atoms with E-state index in [0.29, 0.717) is 23.9 Å². The van der Waals surface area contributed by atoms with E-state index in [1.54, 1.807) is 28.9 Å². The van der Waals surface area contributed by atoms with Crippen molar-refractivity contribution in [2.24, 2.45) is 12.0 Å². The first kappa shape index (κ1) is 20.4. The Kier molecular flexibility index (Phi) is 7.15. The lowest BCUT2D eigenvalue weighted by Crippen LogP contribution is -2.39. The quantitative estimate of drug-likeness (QED) is 0.515. The molecule has 0 unspecified atom stereocenters. The summed E-state index contributed by atoms with van der Waals surface area (Å²) in [4.78, 5) is 10.8. The summed E-state index contributed by atoms with van der Waals surface area (Å²) in [7, 11) is 0.328. The van der Waals surface area contributed by atoms with Gasteiger partial charge in [-0.2, -0.15) is 5.10 Å². The third-order valence-corrected chi connectivity index (χ3v) is 5.91. The summed E-state index contributed by atoms with van der Waals surface area (Å²) < 4.78 is 27.4. The Hall–Kier alpha value is -1.94. The smallest absolute Gasteiger partial charge is 0.194 e. The number of hydrogen-bond donors (Lipinski definition) is 1. The number of aliphatic imine (C=N–C) groups is 1. The van der Waals surface area contributed by atoms with Gasteiger partial charge in [0.2, 0.25) is 0 Å². The summed E-state index contributed by atoms with van der Waals surface area (Å²) in [6.45, 7) is 3.33. The van der Waals surface area contributed by atoms with Crippen molar-refractivity contribution in [3.63, 3.8) is 0 Å². The van der Waals surface area contributed by atoms with Crippen LogP contribution in [0.25, 0.3) is 0 Å². The van der Waals surface area contributed by atoms with Gasteiger partial charge in [-0.05, 0) is 31.2 Å². The van der Waals surface area contributed by atoms with Crippen molar-refractivity contribution in [3.8, 4) is 0 Å². The van der Waals surface area contributed by atoms with E-state index in [0.717, 1.165) is 10.3 Å². The van der Waals surface area contributed by atoms with Crippen LogP contribution in [-0.2, 0) is 23.4 Å². The molecule has 142 valence electrons. The minimum atomic E-state index is -3.37. The molecule has 0 spiro atoms. The Balaban J connectivity index is 2.04. The predicted molar refractivity (Wildman–Crippen MR) is 105 cm³/mol. The van der Waals surface area contributed by atoms with E-state index in [1.807, 2.05) is 25.9 Å².